The van der Waals surface area contributed by atoms with E-state index in [0.29, 0.717) is 5.56 Å². The van der Waals surface area contributed by atoms with E-state index in [1.54, 1.807) is 6.07 Å². The van der Waals surface area contributed by atoms with E-state index in [-0.39, 0.29) is 11.4 Å². The van der Waals surface area contributed by atoms with E-state index in [4.69, 9.17) is 0 Å². The van der Waals surface area contributed by atoms with Gasteiger partial charge in [0.05, 0.1) is 10.6 Å². The first-order chi connectivity index (χ1) is 10.1. The van der Waals surface area contributed by atoms with Crippen LogP contribution in [0.1, 0.15) is 5.56 Å². The van der Waals surface area contributed by atoms with E-state index >= 15 is 0 Å². The zero-order valence-electron chi connectivity index (χ0n) is 10.8. The monoisotopic (exact) mass is 286 g/mol. The van der Waals surface area contributed by atoms with E-state index in [2.05, 4.69) is 5.32 Å². The molecule has 21 heavy (non-hydrogen) atoms. The summed E-state index contributed by atoms with van der Waals surface area (Å²) in [6, 6.07) is 11.6. The topological polar surface area (TPSA) is 72.2 Å². The molecule has 2 aromatic carbocycles. The van der Waals surface area contributed by atoms with Gasteiger partial charge < -0.3 is 5.32 Å². The van der Waals surface area contributed by atoms with Gasteiger partial charge >= 0.3 is 0 Å². The summed E-state index contributed by atoms with van der Waals surface area (Å²) in [6.07, 6.45) is 2.72. The molecule has 0 aliphatic rings. The minimum absolute atomic E-state index is 0.0250. The van der Waals surface area contributed by atoms with Gasteiger partial charge in [-0.05, 0) is 35.9 Å². The van der Waals surface area contributed by atoms with Crippen molar-refractivity contribution < 1.29 is 14.1 Å². The predicted molar refractivity (Wildman–Crippen MR) is 77.2 cm³/mol. The fourth-order valence-electron chi connectivity index (χ4n) is 1.62. The number of carbonyl (C=O) groups excluding carboxylic acids is 1. The summed E-state index contributed by atoms with van der Waals surface area (Å²) in [6.45, 7) is 0. The summed E-state index contributed by atoms with van der Waals surface area (Å²) >= 11 is 0. The molecule has 0 aliphatic carbocycles. The number of nitrogens with one attached hydrogen (secondary N) is 1. The van der Waals surface area contributed by atoms with Crippen LogP contribution in [0.2, 0.25) is 0 Å². The SMILES string of the molecule is O=C(/C=C/c1ccc([N+](=O)[O-])cc1)Nc1ccccc1F. The van der Waals surface area contributed by atoms with Crippen LogP contribution in [0, 0.1) is 15.9 Å². The zero-order chi connectivity index (χ0) is 15.2. The molecule has 0 saturated heterocycles. The van der Waals surface area contributed by atoms with Gasteiger partial charge in [-0.1, -0.05) is 12.1 Å². The Balaban J connectivity index is 2.02. The molecule has 0 fully saturated rings. The maximum atomic E-state index is 13.3. The summed E-state index contributed by atoms with van der Waals surface area (Å²) in [4.78, 5) is 21.6. The molecule has 0 bridgehead atoms. The Morgan fingerprint density at radius 2 is 1.81 bits per heavy atom. The van der Waals surface area contributed by atoms with Crippen molar-refractivity contribution >= 4 is 23.4 Å². The van der Waals surface area contributed by atoms with Crippen molar-refractivity contribution in [1.29, 1.82) is 0 Å². The molecule has 2 rings (SSSR count). The van der Waals surface area contributed by atoms with Crippen LogP contribution in [-0.2, 0) is 4.79 Å². The van der Waals surface area contributed by atoms with E-state index in [9.17, 15) is 19.3 Å². The highest BCUT2D eigenvalue weighted by molar-refractivity contribution is 6.01. The molecule has 0 heterocycles. The number of rotatable bonds is 4. The lowest BCUT2D eigenvalue weighted by Gasteiger charge is -2.02. The van der Waals surface area contributed by atoms with Crippen molar-refractivity contribution in [3.63, 3.8) is 0 Å². The van der Waals surface area contributed by atoms with Crippen molar-refractivity contribution in [3.05, 3.63) is 76.1 Å². The van der Waals surface area contributed by atoms with E-state index in [1.165, 1.54) is 54.6 Å². The van der Waals surface area contributed by atoms with Crippen molar-refractivity contribution in [2.45, 2.75) is 0 Å². The molecule has 0 unspecified atom stereocenters. The maximum Gasteiger partial charge on any atom is 0.269 e. The third-order valence-corrected chi connectivity index (χ3v) is 2.66. The average molecular weight is 286 g/mol. The molecule has 106 valence electrons. The molecule has 0 aromatic heterocycles. The summed E-state index contributed by atoms with van der Waals surface area (Å²) in [5.74, 6) is -1.01. The largest absolute Gasteiger partial charge is 0.320 e. The third kappa shape index (κ3) is 3.97. The fraction of sp³-hybridized carbons (Fsp3) is 0. The van der Waals surface area contributed by atoms with Gasteiger partial charge in [0.25, 0.3) is 5.69 Å². The summed E-state index contributed by atoms with van der Waals surface area (Å²) in [5.41, 5.74) is 0.697. The second kappa shape index (κ2) is 6.42. The predicted octanol–water partition coefficient (Wildman–Crippen LogP) is 3.39. The number of benzene rings is 2. The number of hydrogen-bond acceptors (Lipinski definition) is 3. The number of non-ortho nitro benzene ring substituents is 1. The lowest BCUT2D eigenvalue weighted by Crippen LogP contribution is -2.08. The highest BCUT2D eigenvalue weighted by Gasteiger charge is 2.04. The van der Waals surface area contributed by atoms with Crippen LogP contribution in [-0.4, -0.2) is 10.8 Å². The zero-order valence-corrected chi connectivity index (χ0v) is 10.8. The van der Waals surface area contributed by atoms with Crippen molar-refractivity contribution in [2.24, 2.45) is 0 Å². The highest BCUT2D eigenvalue weighted by Crippen LogP contribution is 2.14. The number of hydrogen-bond donors (Lipinski definition) is 1. The minimum atomic E-state index is -0.519. The van der Waals surface area contributed by atoms with E-state index in [1.807, 2.05) is 0 Å². The number of anilines is 1. The Bertz CT molecular complexity index is 696. The Morgan fingerprint density at radius 3 is 2.43 bits per heavy atom. The smallest absolute Gasteiger partial charge is 0.269 e. The normalized spacial score (nSPS) is 10.5. The Hall–Kier alpha value is -3.02. The molecule has 1 amide bonds. The average Bonchev–Trinajstić information content (AvgIpc) is 2.48. The first-order valence-corrected chi connectivity index (χ1v) is 6.04. The number of halogens is 1. The van der Waals surface area contributed by atoms with E-state index < -0.39 is 16.6 Å². The highest BCUT2D eigenvalue weighted by atomic mass is 19.1. The molecule has 2 aromatic rings. The van der Waals surface area contributed by atoms with Crippen LogP contribution in [0.4, 0.5) is 15.8 Å². The van der Waals surface area contributed by atoms with Crippen molar-refractivity contribution in [1.82, 2.24) is 0 Å². The van der Waals surface area contributed by atoms with E-state index in [0.717, 1.165) is 0 Å². The fourth-order valence-corrected chi connectivity index (χ4v) is 1.62. The quantitative estimate of drug-likeness (QED) is 0.532. The second-order valence-electron chi connectivity index (χ2n) is 4.15. The summed E-state index contributed by atoms with van der Waals surface area (Å²) in [7, 11) is 0. The van der Waals surface area contributed by atoms with Crippen LogP contribution >= 0.6 is 0 Å². The van der Waals surface area contributed by atoms with Crippen molar-refractivity contribution in [3.8, 4) is 0 Å². The number of carbonyl (C=O) groups is 1. The Morgan fingerprint density at radius 1 is 1.14 bits per heavy atom. The van der Waals surface area contributed by atoms with Gasteiger partial charge in [-0.25, -0.2) is 4.39 Å². The van der Waals surface area contributed by atoms with Gasteiger partial charge in [0, 0.05) is 18.2 Å². The molecule has 0 saturated carbocycles. The molecular formula is C15H11FN2O3. The number of para-hydroxylation sites is 1. The van der Waals surface area contributed by atoms with Gasteiger partial charge in [-0.2, -0.15) is 0 Å². The minimum Gasteiger partial charge on any atom is -0.320 e. The lowest BCUT2D eigenvalue weighted by atomic mass is 10.2. The first kappa shape index (κ1) is 14.4. The van der Waals surface area contributed by atoms with Crippen LogP contribution in [0.25, 0.3) is 6.08 Å². The third-order valence-electron chi connectivity index (χ3n) is 2.66. The molecule has 0 spiro atoms. The maximum absolute atomic E-state index is 13.3. The molecule has 5 nitrogen and oxygen atoms in total. The standard InChI is InChI=1S/C15H11FN2O3/c16-13-3-1-2-4-14(13)17-15(19)10-7-11-5-8-12(9-6-11)18(20)21/h1-10H,(H,17,19)/b10-7+. The lowest BCUT2D eigenvalue weighted by molar-refractivity contribution is -0.384. The van der Waals surface area contributed by atoms with Crippen LogP contribution in [0.5, 0.6) is 0 Å². The molecular weight excluding hydrogens is 275 g/mol. The first-order valence-electron chi connectivity index (χ1n) is 6.04. The van der Waals surface area contributed by atoms with Crippen LogP contribution < -0.4 is 5.32 Å². The Kier molecular flexibility index (Phi) is 4.40. The Labute approximate surface area is 119 Å². The van der Waals surface area contributed by atoms with Crippen LogP contribution in [0.15, 0.2) is 54.6 Å². The number of nitro groups is 1. The van der Waals surface area contributed by atoms with Crippen LogP contribution in [0.3, 0.4) is 0 Å². The molecule has 0 aliphatic heterocycles. The second-order valence-corrected chi connectivity index (χ2v) is 4.15. The van der Waals surface area contributed by atoms with Gasteiger partial charge in [0.2, 0.25) is 5.91 Å². The summed E-state index contributed by atoms with van der Waals surface area (Å²) < 4.78 is 13.3. The summed E-state index contributed by atoms with van der Waals surface area (Å²) in [5, 5.41) is 12.9. The molecule has 1 N–H and O–H groups in total. The molecule has 0 radical (unpaired) electrons. The van der Waals surface area contributed by atoms with Crippen molar-refractivity contribution in [2.75, 3.05) is 5.32 Å². The van der Waals surface area contributed by atoms with Gasteiger partial charge in [0.1, 0.15) is 5.82 Å². The van der Waals surface area contributed by atoms with Gasteiger partial charge in [0.15, 0.2) is 0 Å². The molecule has 0 atom stereocenters. The molecule has 6 heteroatoms. The number of amides is 1. The number of nitro benzene ring substituents is 1. The van der Waals surface area contributed by atoms with Gasteiger partial charge in [-0.3, -0.25) is 14.9 Å². The number of nitrogens with zero attached hydrogens (tertiary/aromatic N) is 1. The van der Waals surface area contributed by atoms with Gasteiger partial charge in [-0.15, -0.1) is 0 Å².